The fourth-order valence-electron chi connectivity index (χ4n) is 2.21. The number of ether oxygens (including phenoxy) is 2. The van der Waals surface area contributed by atoms with E-state index in [-0.39, 0.29) is 5.91 Å². The van der Waals surface area contributed by atoms with Crippen molar-refractivity contribution in [1.82, 2.24) is 10.2 Å². The average Bonchev–Trinajstić information content (AvgIpc) is 3.09. The van der Waals surface area contributed by atoms with E-state index in [1.54, 1.807) is 18.2 Å². The summed E-state index contributed by atoms with van der Waals surface area (Å²) in [6.07, 6.45) is 0. The number of halogens is 1. The molecular weight excluding hydrogens is 406 g/mol. The van der Waals surface area contributed by atoms with Gasteiger partial charge >= 0.3 is 0 Å². The lowest BCUT2D eigenvalue weighted by atomic mass is 10.1. The van der Waals surface area contributed by atoms with Gasteiger partial charge in [-0.2, -0.15) is 0 Å². The molecule has 3 aromatic rings. The minimum absolute atomic E-state index is 0.339. The van der Waals surface area contributed by atoms with E-state index in [1.807, 2.05) is 24.3 Å². The minimum Gasteiger partial charge on any atom is -0.493 e. The number of anilines is 1. The molecule has 0 unspecified atom stereocenters. The van der Waals surface area contributed by atoms with Crippen molar-refractivity contribution >= 4 is 38.3 Å². The number of hydrogen-bond donors (Lipinski definition) is 1. The standard InChI is InChI=1S/C17H14BrN3O3S/c1-23-13-5-3-4-12(14(13)24-2)15(22)19-17-21-20-16(25-17)10-6-8-11(18)9-7-10/h3-9H,1-2H3,(H,19,21,22). The van der Waals surface area contributed by atoms with Gasteiger partial charge in [-0.05, 0) is 24.3 Å². The largest absolute Gasteiger partial charge is 0.493 e. The molecule has 8 heteroatoms. The third kappa shape index (κ3) is 3.80. The maximum absolute atomic E-state index is 12.5. The molecule has 0 spiro atoms. The Morgan fingerprint density at radius 2 is 1.84 bits per heavy atom. The number of amides is 1. The number of methoxy groups -OCH3 is 2. The molecule has 25 heavy (non-hydrogen) atoms. The third-order valence-corrected chi connectivity index (χ3v) is 4.80. The summed E-state index contributed by atoms with van der Waals surface area (Å²) in [4.78, 5) is 12.5. The second-order valence-electron chi connectivity index (χ2n) is 4.91. The summed E-state index contributed by atoms with van der Waals surface area (Å²) in [5, 5.41) is 12.0. The van der Waals surface area contributed by atoms with Crippen molar-refractivity contribution in [3.8, 4) is 22.1 Å². The summed E-state index contributed by atoms with van der Waals surface area (Å²) in [5.41, 5.74) is 1.29. The van der Waals surface area contributed by atoms with E-state index in [2.05, 4.69) is 31.4 Å². The topological polar surface area (TPSA) is 73.3 Å². The van der Waals surface area contributed by atoms with Crippen LogP contribution in [-0.2, 0) is 0 Å². The summed E-state index contributed by atoms with van der Waals surface area (Å²) in [6.45, 7) is 0. The molecule has 0 radical (unpaired) electrons. The van der Waals surface area contributed by atoms with Crippen LogP contribution in [-0.4, -0.2) is 30.3 Å². The molecule has 2 aromatic carbocycles. The molecule has 0 saturated heterocycles. The molecule has 1 amide bonds. The normalized spacial score (nSPS) is 10.4. The first kappa shape index (κ1) is 17.4. The van der Waals surface area contributed by atoms with Gasteiger partial charge in [-0.25, -0.2) is 0 Å². The Morgan fingerprint density at radius 3 is 2.52 bits per heavy atom. The summed E-state index contributed by atoms with van der Waals surface area (Å²) in [7, 11) is 3.01. The molecule has 0 aliphatic heterocycles. The van der Waals surface area contributed by atoms with Crippen LogP contribution in [0.25, 0.3) is 10.6 Å². The van der Waals surface area contributed by atoms with Gasteiger partial charge in [0.1, 0.15) is 5.01 Å². The second kappa shape index (κ2) is 7.62. The molecule has 0 fully saturated rings. The van der Waals surface area contributed by atoms with Gasteiger partial charge in [-0.1, -0.05) is 45.5 Å². The lowest BCUT2D eigenvalue weighted by Gasteiger charge is -2.11. The molecule has 0 aliphatic rings. The van der Waals surface area contributed by atoms with E-state index in [0.717, 1.165) is 15.0 Å². The highest BCUT2D eigenvalue weighted by molar-refractivity contribution is 9.10. The number of rotatable bonds is 5. The number of para-hydroxylation sites is 1. The molecule has 1 aromatic heterocycles. The fourth-order valence-corrected chi connectivity index (χ4v) is 3.22. The van der Waals surface area contributed by atoms with Gasteiger partial charge in [0.25, 0.3) is 5.91 Å². The summed E-state index contributed by atoms with van der Waals surface area (Å²) >= 11 is 4.69. The molecular formula is C17H14BrN3O3S. The summed E-state index contributed by atoms with van der Waals surface area (Å²) in [5.74, 6) is 0.525. The third-order valence-electron chi connectivity index (χ3n) is 3.38. The first-order chi connectivity index (χ1) is 12.1. The number of benzene rings is 2. The zero-order valence-corrected chi connectivity index (χ0v) is 15.8. The SMILES string of the molecule is COc1cccc(C(=O)Nc2nnc(-c3ccc(Br)cc3)s2)c1OC. The summed E-state index contributed by atoms with van der Waals surface area (Å²) < 4.78 is 11.5. The highest BCUT2D eigenvalue weighted by Gasteiger charge is 2.18. The van der Waals surface area contributed by atoms with Crippen molar-refractivity contribution in [3.63, 3.8) is 0 Å². The van der Waals surface area contributed by atoms with Gasteiger partial charge in [-0.3, -0.25) is 10.1 Å². The van der Waals surface area contributed by atoms with Gasteiger partial charge in [-0.15, -0.1) is 10.2 Å². The molecule has 1 N–H and O–H groups in total. The maximum Gasteiger partial charge on any atom is 0.261 e. The number of aromatic nitrogens is 2. The Balaban J connectivity index is 1.82. The minimum atomic E-state index is -0.339. The zero-order valence-electron chi connectivity index (χ0n) is 13.4. The molecule has 0 bridgehead atoms. The van der Waals surface area contributed by atoms with Gasteiger partial charge in [0, 0.05) is 10.0 Å². The molecule has 0 atom stereocenters. The lowest BCUT2D eigenvalue weighted by molar-refractivity contribution is 0.102. The molecule has 1 heterocycles. The fraction of sp³-hybridized carbons (Fsp3) is 0.118. The van der Waals surface area contributed by atoms with Crippen LogP contribution >= 0.6 is 27.3 Å². The van der Waals surface area contributed by atoms with Crippen molar-refractivity contribution in [3.05, 3.63) is 52.5 Å². The molecule has 6 nitrogen and oxygen atoms in total. The summed E-state index contributed by atoms with van der Waals surface area (Å²) in [6, 6.07) is 12.8. The predicted octanol–water partition coefficient (Wildman–Crippen LogP) is 4.24. The van der Waals surface area contributed by atoms with E-state index in [9.17, 15) is 4.79 Å². The van der Waals surface area contributed by atoms with Crippen molar-refractivity contribution in [2.75, 3.05) is 19.5 Å². The number of nitrogens with zero attached hydrogens (tertiary/aromatic N) is 2. The van der Waals surface area contributed by atoms with Crippen molar-refractivity contribution in [2.24, 2.45) is 0 Å². The Labute approximate surface area is 156 Å². The van der Waals surface area contributed by atoms with Gasteiger partial charge < -0.3 is 9.47 Å². The van der Waals surface area contributed by atoms with E-state index in [1.165, 1.54) is 25.6 Å². The lowest BCUT2D eigenvalue weighted by Crippen LogP contribution is -2.13. The van der Waals surface area contributed by atoms with Crippen LogP contribution in [0, 0.1) is 0 Å². The van der Waals surface area contributed by atoms with Crippen molar-refractivity contribution in [1.29, 1.82) is 0 Å². The van der Waals surface area contributed by atoms with Crippen LogP contribution in [0.3, 0.4) is 0 Å². The Hall–Kier alpha value is -2.45. The van der Waals surface area contributed by atoms with Crippen LogP contribution < -0.4 is 14.8 Å². The quantitative estimate of drug-likeness (QED) is 0.669. The monoisotopic (exact) mass is 419 g/mol. The number of hydrogen-bond acceptors (Lipinski definition) is 6. The predicted molar refractivity (Wildman–Crippen MR) is 101 cm³/mol. The first-order valence-corrected chi connectivity index (χ1v) is 8.85. The average molecular weight is 420 g/mol. The molecule has 128 valence electrons. The van der Waals surface area contributed by atoms with Gasteiger partial charge in [0.15, 0.2) is 11.5 Å². The zero-order chi connectivity index (χ0) is 17.8. The van der Waals surface area contributed by atoms with Gasteiger partial charge in [0.05, 0.1) is 19.8 Å². The Bertz CT molecular complexity index is 896. The van der Waals surface area contributed by atoms with Crippen molar-refractivity contribution < 1.29 is 14.3 Å². The van der Waals surface area contributed by atoms with E-state index >= 15 is 0 Å². The van der Waals surface area contributed by atoms with E-state index < -0.39 is 0 Å². The number of carbonyl (C=O) groups is 1. The van der Waals surface area contributed by atoms with Crippen LogP contribution in [0.5, 0.6) is 11.5 Å². The molecule has 0 aliphatic carbocycles. The van der Waals surface area contributed by atoms with Crippen molar-refractivity contribution in [2.45, 2.75) is 0 Å². The molecule has 3 rings (SSSR count). The second-order valence-corrected chi connectivity index (χ2v) is 6.81. The number of carbonyl (C=O) groups excluding carboxylic acids is 1. The van der Waals surface area contributed by atoms with Gasteiger partial charge in [0.2, 0.25) is 5.13 Å². The smallest absolute Gasteiger partial charge is 0.261 e. The van der Waals surface area contributed by atoms with Crippen LogP contribution in [0.1, 0.15) is 10.4 Å². The highest BCUT2D eigenvalue weighted by Crippen LogP contribution is 2.32. The highest BCUT2D eigenvalue weighted by atomic mass is 79.9. The van der Waals surface area contributed by atoms with E-state index in [4.69, 9.17) is 9.47 Å². The Morgan fingerprint density at radius 1 is 1.08 bits per heavy atom. The van der Waals surface area contributed by atoms with E-state index in [0.29, 0.717) is 22.2 Å². The van der Waals surface area contributed by atoms with Crippen LogP contribution in [0.4, 0.5) is 5.13 Å². The first-order valence-electron chi connectivity index (χ1n) is 7.24. The van der Waals surface area contributed by atoms with Crippen LogP contribution in [0.2, 0.25) is 0 Å². The maximum atomic E-state index is 12.5. The Kier molecular flexibility index (Phi) is 5.30. The van der Waals surface area contributed by atoms with Crippen LogP contribution in [0.15, 0.2) is 46.9 Å². The number of nitrogens with one attached hydrogen (secondary N) is 1. The molecule has 0 saturated carbocycles.